The number of hydrogen-bond acceptors (Lipinski definition) is 2. The fourth-order valence-corrected chi connectivity index (χ4v) is 4.15. The summed E-state index contributed by atoms with van der Waals surface area (Å²) in [7, 11) is 0. The highest BCUT2D eigenvalue weighted by atomic mass is 35.5. The van der Waals surface area contributed by atoms with E-state index in [1.165, 1.54) is 50.5 Å². The summed E-state index contributed by atoms with van der Waals surface area (Å²) in [5.41, 5.74) is 1.39. The Hall–Kier alpha value is -0.570. The average molecular weight is 308 g/mol. The van der Waals surface area contributed by atoms with Crippen molar-refractivity contribution in [3.05, 3.63) is 34.9 Å². The maximum Gasteiger partial charge on any atom is 0.0708 e. The van der Waals surface area contributed by atoms with Crippen molar-refractivity contribution in [1.29, 1.82) is 0 Å². The molecule has 1 aromatic carbocycles. The highest BCUT2D eigenvalue weighted by Gasteiger charge is 2.40. The predicted octanol–water partition coefficient (Wildman–Crippen LogP) is 4.87. The van der Waals surface area contributed by atoms with Crippen LogP contribution in [0.4, 0.5) is 0 Å². The van der Waals surface area contributed by atoms with E-state index in [-0.39, 0.29) is 11.6 Å². The SMILES string of the molecule is C[C@H](NCC1CCC2(CCCCC2)O1)c1ccccc1Cl. The molecular formula is C18H26ClNO. The molecule has 1 N–H and O–H groups in total. The normalized spacial score (nSPS) is 26.1. The first-order chi connectivity index (χ1) is 10.2. The zero-order valence-electron chi connectivity index (χ0n) is 12.9. The van der Waals surface area contributed by atoms with Gasteiger partial charge in [-0.3, -0.25) is 0 Å². The summed E-state index contributed by atoms with van der Waals surface area (Å²) < 4.78 is 6.41. The quantitative estimate of drug-likeness (QED) is 0.856. The third-order valence-corrected chi connectivity index (χ3v) is 5.47. The summed E-state index contributed by atoms with van der Waals surface area (Å²) in [5.74, 6) is 0. The van der Waals surface area contributed by atoms with Crippen molar-refractivity contribution < 1.29 is 4.74 Å². The van der Waals surface area contributed by atoms with Gasteiger partial charge >= 0.3 is 0 Å². The predicted molar refractivity (Wildman–Crippen MR) is 87.8 cm³/mol. The Morgan fingerprint density at radius 2 is 2.00 bits per heavy atom. The molecule has 2 nitrogen and oxygen atoms in total. The van der Waals surface area contributed by atoms with Gasteiger partial charge in [0.2, 0.25) is 0 Å². The topological polar surface area (TPSA) is 21.3 Å². The minimum absolute atomic E-state index is 0.220. The van der Waals surface area contributed by atoms with Crippen molar-refractivity contribution in [2.75, 3.05) is 6.54 Å². The number of hydrogen-bond donors (Lipinski definition) is 1. The molecule has 0 amide bonds. The van der Waals surface area contributed by atoms with E-state index in [9.17, 15) is 0 Å². The molecule has 1 unspecified atom stereocenters. The van der Waals surface area contributed by atoms with Crippen molar-refractivity contribution in [2.24, 2.45) is 0 Å². The van der Waals surface area contributed by atoms with E-state index in [0.29, 0.717) is 6.10 Å². The van der Waals surface area contributed by atoms with Crippen molar-refractivity contribution in [1.82, 2.24) is 5.32 Å². The smallest absolute Gasteiger partial charge is 0.0708 e. The van der Waals surface area contributed by atoms with E-state index in [4.69, 9.17) is 16.3 Å². The Labute approximate surface area is 133 Å². The van der Waals surface area contributed by atoms with Crippen LogP contribution in [-0.4, -0.2) is 18.2 Å². The molecule has 0 bridgehead atoms. The van der Waals surface area contributed by atoms with Gasteiger partial charge in [0.05, 0.1) is 11.7 Å². The van der Waals surface area contributed by atoms with Gasteiger partial charge in [-0.15, -0.1) is 0 Å². The first-order valence-electron chi connectivity index (χ1n) is 8.34. The van der Waals surface area contributed by atoms with Gasteiger partial charge in [-0.1, -0.05) is 49.1 Å². The molecule has 1 spiro atoms. The molecule has 116 valence electrons. The molecule has 1 aliphatic heterocycles. The van der Waals surface area contributed by atoms with Crippen molar-refractivity contribution in [3.8, 4) is 0 Å². The summed E-state index contributed by atoms with van der Waals surface area (Å²) in [6, 6.07) is 8.34. The lowest BCUT2D eigenvalue weighted by Crippen LogP contribution is -2.35. The van der Waals surface area contributed by atoms with E-state index in [0.717, 1.165) is 11.6 Å². The van der Waals surface area contributed by atoms with Crippen LogP contribution in [-0.2, 0) is 4.74 Å². The molecule has 1 saturated heterocycles. The Morgan fingerprint density at radius 3 is 2.76 bits per heavy atom. The van der Waals surface area contributed by atoms with Crippen LogP contribution in [0.25, 0.3) is 0 Å². The molecule has 3 heteroatoms. The summed E-state index contributed by atoms with van der Waals surface area (Å²) in [6.45, 7) is 3.10. The lowest BCUT2D eigenvalue weighted by Gasteiger charge is -2.33. The lowest BCUT2D eigenvalue weighted by molar-refractivity contribution is -0.0628. The van der Waals surface area contributed by atoms with Crippen LogP contribution in [0.15, 0.2) is 24.3 Å². The van der Waals surface area contributed by atoms with Gasteiger partial charge in [0.25, 0.3) is 0 Å². The maximum absolute atomic E-state index is 6.41. The zero-order valence-corrected chi connectivity index (χ0v) is 13.7. The maximum atomic E-state index is 6.41. The number of rotatable bonds is 4. The molecule has 2 fully saturated rings. The van der Waals surface area contributed by atoms with Crippen molar-refractivity contribution in [3.63, 3.8) is 0 Å². The zero-order chi connectivity index (χ0) is 14.7. The molecule has 1 saturated carbocycles. The van der Waals surface area contributed by atoms with Crippen molar-refractivity contribution >= 4 is 11.6 Å². The first-order valence-corrected chi connectivity index (χ1v) is 8.72. The van der Waals surface area contributed by atoms with E-state index in [1.807, 2.05) is 18.2 Å². The van der Waals surface area contributed by atoms with Crippen LogP contribution in [0.3, 0.4) is 0 Å². The highest BCUT2D eigenvalue weighted by Crippen LogP contribution is 2.41. The van der Waals surface area contributed by atoms with E-state index in [2.05, 4.69) is 18.3 Å². The molecule has 0 aromatic heterocycles. The van der Waals surface area contributed by atoms with Gasteiger partial charge in [-0.2, -0.15) is 0 Å². The second kappa shape index (κ2) is 6.68. The van der Waals surface area contributed by atoms with Gasteiger partial charge in [0, 0.05) is 17.6 Å². The minimum atomic E-state index is 0.220. The summed E-state index contributed by atoms with van der Waals surface area (Å²) in [6.07, 6.45) is 9.42. The van der Waals surface area contributed by atoms with Crippen LogP contribution in [0.1, 0.15) is 63.5 Å². The van der Waals surface area contributed by atoms with Crippen LogP contribution in [0.5, 0.6) is 0 Å². The summed E-state index contributed by atoms with van der Waals surface area (Å²) in [5, 5.41) is 4.44. The van der Waals surface area contributed by atoms with Crippen LogP contribution in [0, 0.1) is 0 Å². The third kappa shape index (κ3) is 3.61. The third-order valence-electron chi connectivity index (χ3n) is 5.13. The fraction of sp³-hybridized carbons (Fsp3) is 0.667. The first kappa shape index (κ1) is 15.3. The monoisotopic (exact) mass is 307 g/mol. The van der Waals surface area contributed by atoms with Crippen LogP contribution in [0.2, 0.25) is 5.02 Å². The Morgan fingerprint density at radius 1 is 1.24 bits per heavy atom. The number of benzene rings is 1. The average Bonchev–Trinajstić information content (AvgIpc) is 2.89. The molecular weight excluding hydrogens is 282 g/mol. The van der Waals surface area contributed by atoms with Gasteiger partial charge in [-0.05, 0) is 44.2 Å². The second-order valence-electron chi connectivity index (χ2n) is 6.67. The minimum Gasteiger partial charge on any atom is -0.370 e. The van der Waals surface area contributed by atoms with E-state index < -0.39 is 0 Å². The fourth-order valence-electron chi connectivity index (χ4n) is 3.85. The molecule has 1 aromatic rings. The van der Waals surface area contributed by atoms with Gasteiger partial charge in [-0.25, -0.2) is 0 Å². The summed E-state index contributed by atoms with van der Waals surface area (Å²) >= 11 is 6.26. The highest BCUT2D eigenvalue weighted by molar-refractivity contribution is 6.31. The lowest BCUT2D eigenvalue weighted by atomic mass is 9.83. The number of halogens is 1. The standard InChI is InChI=1S/C18H26ClNO/c1-14(16-7-3-4-8-17(16)19)20-13-15-9-12-18(21-15)10-5-2-6-11-18/h3-4,7-8,14-15,20H,2,5-6,9-13H2,1H3/t14-,15?/m0/s1. The van der Waals surface area contributed by atoms with E-state index in [1.54, 1.807) is 0 Å². The molecule has 0 radical (unpaired) electrons. The molecule has 2 aliphatic rings. The Kier molecular flexibility index (Phi) is 4.88. The molecule has 3 rings (SSSR count). The van der Waals surface area contributed by atoms with Gasteiger partial charge in [0.15, 0.2) is 0 Å². The van der Waals surface area contributed by atoms with Crippen molar-refractivity contribution in [2.45, 2.75) is 69.6 Å². The molecule has 1 aliphatic carbocycles. The van der Waals surface area contributed by atoms with Gasteiger partial charge < -0.3 is 10.1 Å². The second-order valence-corrected chi connectivity index (χ2v) is 7.08. The largest absolute Gasteiger partial charge is 0.370 e. The summed E-state index contributed by atoms with van der Waals surface area (Å²) in [4.78, 5) is 0. The molecule has 1 heterocycles. The van der Waals surface area contributed by atoms with E-state index >= 15 is 0 Å². The number of ether oxygens (including phenoxy) is 1. The molecule has 21 heavy (non-hydrogen) atoms. The number of nitrogens with one attached hydrogen (secondary N) is 1. The Balaban J connectivity index is 1.51. The van der Waals surface area contributed by atoms with Crippen LogP contribution >= 0.6 is 11.6 Å². The van der Waals surface area contributed by atoms with Gasteiger partial charge in [0.1, 0.15) is 0 Å². The Bertz CT molecular complexity index is 470. The molecule has 2 atom stereocenters. The van der Waals surface area contributed by atoms with Crippen LogP contribution < -0.4 is 5.32 Å².